The molecule has 1 aromatic heterocycles. The number of halogens is 1. The van der Waals surface area contributed by atoms with E-state index < -0.39 is 57.4 Å². The number of carboxylic acid groups (broad SMARTS) is 1. The molecule has 4 rings (SSSR count). The molecule has 1 atom stereocenters. The SMILES string of the molecule is C#CCN(Cc1cc2c(=O)[nH]c(C)nc2cc1C)c1ccc(C(=O)N[C@H](CCS(=O)(=O)NC(=O)c2ccccc2)C(=O)O)c(F)c1. The summed E-state index contributed by atoms with van der Waals surface area (Å²) in [6.07, 6.45) is 4.97. The van der Waals surface area contributed by atoms with Crippen molar-refractivity contribution >= 4 is 44.4 Å². The van der Waals surface area contributed by atoms with Gasteiger partial charge in [-0.1, -0.05) is 24.1 Å². The van der Waals surface area contributed by atoms with E-state index in [-0.39, 0.29) is 24.2 Å². The number of rotatable bonds is 12. The van der Waals surface area contributed by atoms with Crippen LogP contribution in [0.2, 0.25) is 0 Å². The number of carboxylic acids is 1. The number of anilines is 1. The zero-order valence-electron chi connectivity index (χ0n) is 24.8. The number of H-pyrrole nitrogens is 1. The van der Waals surface area contributed by atoms with Crippen molar-refractivity contribution in [3.63, 3.8) is 0 Å². The second-order valence-electron chi connectivity index (χ2n) is 10.4. The predicted molar refractivity (Wildman–Crippen MR) is 169 cm³/mol. The summed E-state index contributed by atoms with van der Waals surface area (Å²) in [6, 6.07) is 13.0. The molecule has 46 heavy (non-hydrogen) atoms. The molecule has 0 unspecified atom stereocenters. The number of terminal acetylenes is 1. The van der Waals surface area contributed by atoms with Crippen molar-refractivity contribution in [1.29, 1.82) is 0 Å². The van der Waals surface area contributed by atoms with Crippen LogP contribution in [0.3, 0.4) is 0 Å². The van der Waals surface area contributed by atoms with Crippen LogP contribution in [0.1, 0.15) is 44.1 Å². The maximum atomic E-state index is 15.3. The molecule has 14 heteroatoms. The summed E-state index contributed by atoms with van der Waals surface area (Å²) in [6.45, 7) is 3.77. The summed E-state index contributed by atoms with van der Waals surface area (Å²) in [4.78, 5) is 58.0. The molecular formula is C32H30FN5O7S. The summed E-state index contributed by atoms with van der Waals surface area (Å²) in [7, 11) is -4.26. The number of nitrogens with one attached hydrogen (secondary N) is 3. The van der Waals surface area contributed by atoms with Gasteiger partial charge in [0, 0.05) is 17.8 Å². The molecular weight excluding hydrogens is 617 g/mol. The van der Waals surface area contributed by atoms with Crippen molar-refractivity contribution in [3.05, 3.63) is 105 Å². The van der Waals surface area contributed by atoms with E-state index in [1.54, 1.807) is 42.2 Å². The van der Waals surface area contributed by atoms with Crippen molar-refractivity contribution < 1.29 is 32.3 Å². The summed E-state index contributed by atoms with van der Waals surface area (Å²) in [5.74, 6) is -2.33. The average molecular weight is 648 g/mol. The first-order valence-corrected chi connectivity index (χ1v) is 15.5. The average Bonchev–Trinajstić information content (AvgIpc) is 2.99. The minimum atomic E-state index is -4.26. The fraction of sp³-hybridized carbons (Fsp3) is 0.219. The number of amides is 2. The third-order valence-electron chi connectivity index (χ3n) is 7.05. The lowest BCUT2D eigenvalue weighted by Crippen LogP contribution is -2.43. The van der Waals surface area contributed by atoms with Gasteiger partial charge in [0.1, 0.15) is 17.7 Å². The van der Waals surface area contributed by atoms with E-state index in [2.05, 4.69) is 21.2 Å². The van der Waals surface area contributed by atoms with Gasteiger partial charge in [-0.05, 0) is 73.9 Å². The largest absolute Gasteiger partial charge is 0.480 e. The number of carbonyl (C=O) groups is 3. The fourth-order valence-electron chi connectivity index (χ4n) is 4.67. The molecule has 3 aromatic carbocycles. The number of hydrogen-bond donors (Lipinski definition) is 4. The second kappa shape index (κ2) is 14.0. The molecule has 4 N–H and O–H groups in total. The minimum absolute atomic E-state index is 0.0569. The van der Waals surface area contributed by atoms with Crippen molar-refractivity contribution in [2.24, 2.45) is 0 Å². The third-order valence-corrected chi connectivity index (χ3v) is 8.32. The summed E-state index contributed by atoms with van der Waals surface area (Å²) in [5, 5.41) is 12.1. The number of aromatic nitrogens is 2. The van der Waals surface area contributed by atoms with Crippen LogP contribution in [-0.4, -0.2) is 59.6 Å². The lowest BCUT2D eigenvalue weighted by molar-refractivity contribution is -0.139. The van der Waals surface area contributed by atoms with Gasteiger partial charge < -0.3 is 20.3 Å². The van der Waals surface area contributed by atoms with Gasteiger partial charge in [-0.2, -0.15) is 0 Å². The highest BCUT2D eigenvalue weighted by molar-refractivity contribution is 7.90. The van der Waals surface area contributed by atoms with E-state index in [0.717, 1.165) is 23.3 Å². The maximum absolute atomic E-state index is 15.3. The van der Waals surface area contributed by atoms with Crippen LogP contribution in [0.15, 0.2) is 65.5 Å². The number of carbonyl (C=O) groups excluding carboxylic acids is 2. The van der Waals surface area contributed by atoms with Gasteiger partial charge in [0.25, 0.3) is 17.4 Å². The van der Waals surface area contributed by atoms with Crippen molar-refractivity contribution in [2.45, 2.75) is 32.9 Å². The lowest BCUT2D eigenvalue weighted by Gasteiger charge is -2.24. The quantitative estimate of drug-likeness (QED) is 0.168. The normalized spacial score (nSPS) is 11.8. The van der Waals surface area contributed by atoms with Gasteiger partial charge in [0.2, 0.25) is 10.0 Å². The zero-order chi connectivity index (χ0) is 33.6. The van der Waals surface area contributed by atoms with Crippen LogP contribution in [0, 0.1) is 32.0 Å². The summed E-state index contributed by atoms with van der Waals surface area (Å²) < 4.78 is 41.9. The van der Waals surface area contributed by atoms with E-state index >= 15 is 4.39 Å². The molecule has 0 saturated heterocycles. The second-order valence-corrected chi connectivity index (χ2v) is 12.3. The van der Waals surface area contributed by atoms with Gasteiger partial charge in [-0.15, -0.1) is 6.42 Å². The van der Waals surface area contributed by atoms with Crippen molar-refractivity contribution in [2.75, 3.05) is 17.2 Å². The highest BCUT2D eigenvalue weighted by Crippen LogP contribution is 2.24. The third kappa shape index (κ3) is 8.13. The predicted octanol–water partition coefficient (Wildman–Crippen LogP) is 2.65. The van der Waals surface area contributed by atoms with Gasteiger partial charge >= 0.3 is 5.97 Å². The molecule has 0 spiro atoms. The number of sulfonamides is 1. The Balaban J connectivity index is 1.47. The van der Waals surface area contributed by atoms with Crippen LogP contribution in [0.25, 0.3) is 10.9 Å². The Morgan fingerprint density at radius 3 is 2.46 bits per heavy atom. The molecule has 0 fully saturated rings. The Labute approximate surface area is 263 Å². The van der Waals surface area contributed by atoms with Crippen LogP contribution in [0.4, 0.5) is 10.1 Å². The number of aromatic amines is 1. The van der Waals surface area contributed by atoms with E-state index in [9.17, 15) is 32.7 Å². The molecule has 0 saturated carbocycles. The molecule has 2 amide bonds. The summed E-state index contributed by atoms with van der Waals surface area (Å²) in [5.41, 5.74) is 1.71. The van der Waals surface area contributed by atoms with Crippen LogP contribution in [-0.2, 0) is 21.4 Å². The van der Waals surface area contributed by atoms with E-state index in [4.69, 9.17) is 6.42 Å². The number of hydrogen-bond acceptors (Lipinski definition) is 8. The van der Waals surface area contributed by atoms with E-state index in [0.29, 0.717) is 22.4 Å². The van der Waals surface area contributed by atoms with Gasteiger partial charge in [0.15, 0.2) is 0 Å². The highest BCUT2D eigenvalue weighted by Gasteiger charge is 2.26. The first kappa shape index (κ1) is 33.3. The number of nitrogens with zero attached hydrogens (tertiary/aromatic N) is 2. The van der Waals surface area contributed by atoms with Crippen LogP contribution in [0.5, 0.6) is 0 Å². The van der Waals surface area contributed by atoms with E-state index in [1.807, 2.05) is 11.6 Å². The smallest absolute Gasteiger partial charge is 0.326 e. The minimum Gasteiger partial charge on any atom is -0.480 e. The first-order chi connectivity index (χ1) is 21.8. The number of aliphatic carboxylic acids is 1. The Hall–Kier alpha value is -5.55. The lowest BCUT2D eigenvalue weighted by atomic mass is 10.0. The maximum Gasteiger partial charge on any atom is 0.326 e. The Morgan fingerprint density at radius 2 is 1.80 bits per heavy atom. The number of benzene rings is 3. The molecule has 0 bridgehead atoms. The molecule has 0 aliphatic carbocycles. The van der Waals surface area contributed by atoms with Crippen molar-refractivity contribution in [1.82, 2.24) is 20.0 Å². The molecule has 1 heterocycles. The van der Waals surface area contributed by atoms with E-state index in [1.165, 1.54) is 18.2 Å². The molecule has 0 aliphatic rings. The van der Waals surface area contributed by atoms with Crippen molar-refractivity contribution in [3.8, 4) is 12.3 Å². The molecule has 4 aromatic rings. The Kier molecular flexibility index (Phi) is 10.2. The van der Waals surface area contributed by atoms with Gasteiger partial charge in [0.05, 0.1) is 28.8 Å². The first-order valence-electron chi connectivity index (χ1n) is 13.9. The Morgan fingerprint density at radius 1 is 1.09 bits per heavy atom. The molecule has 12 nitrogen and oxygen atoms in total. The van der Waals surface area contributed by atoms with Crippen LogP contribution < -0.4 is 20.5 Å². The topological polar surface area (TPSA) is 179 Å². The molecule has 0 radical (unpaired) electrons. The zero-order valence-corrected chi connectivity index (χ0v) is 25.7. The Bertz CT molecular complexity index is 2020. The van der Waals surface area contributed by atoms with Crippen LogP contribution >= 0.6 is 0 Å². The molecule has 0 aliphatic heterocycles. The fourth-order valence-corrected chi connectivity index (χ4v) is 5.72. The number of aryl methyl sites for hydroxylation is 2. The van der Waals surface area contributed by atoms with Gasteiger partial charge in [-0.25, -0.2) is 27.3 Å². The molecule has 238 valence electrons. The standard InChI is InChI=1S/C32H30FN5O7S/c1-4-13-38(18-22-16-25-28(15-19(22)2)34-20(3)35-31(25)41)23-10-11-24(26(33)17-23)30(40)36-27(32(42)43)12-14-46(44,45)37-29(39)21-8-6-5-7-9-21/h1,5-11,15-17,27H,12-14,18H2,2-3H3,(H,36,40)(H,37,39)(H,42,43)(H,34,35,41)/t27-/m1/s1. The van der Waals surface area contributed by atoms with Gasteiger partial charge in [-0.3, -0.25) is 14.4 Å². The monoisotopic (exact) mass is 647 g/mol. The highest BCUT2D eigenvalue weighted by atomic mass is 32.2. The summed E-state index contributed by atoms with van der Waals surface area (Å²) >= 11 is 0. The number of fused-ring (bicyclic) bond motifs is 1.